The monoisotopic (exact) mass is 158 g/mol. The number of nitrogens with two attached hydrogens (primary N) is 1. The third-order valence-electron chi connectivity index (χ3n) is 0.980. The van der Waals surface area contributed by atoms with Gasteiger partial charge in [0.2, 0.25) is 0 Å². The van der Waals surface area contributed by atoms with Crippen molar-refractivity contribution in [2.24, 2.45) is 5.73 Å². The van der Waals surface area contributed by atoms with Crippen molar-refractivity contribution in [3.63, 3.8) is 0 Å². The van der Waals surface area contributed by atoms with Gasteiger partial charge in [-0.1, -0.05) is 0 Å². The van der Waals surface area contributed by atoms with Crippen LogP contribution in [-0.4, -0.2) is 25.6 Å². The third kappa shape index (κ3) is 6.63. The van der Waals surface area contributed by atoms with E-state index in [1.807, 2.05) is 0 Å². The summed E-state index contributed by atoms with van der Waals surface area (Å²) in [6.45, 7) is 0.222. The van der Waals surface area contributed by atoms with E-state index in [0.29, 0.717) is 12.3 Å². The lowest BCUT2D eigenvalue weighted by molar-refractivity contribution is 0.158. The Morgan fingerprint density at radius 1 is 1.82 bits per heavy atom. The van der Waals surface area contributed by atoms with E-state index in [4.69, 9.17) is 11.1 Å². The van der Waals surface area contributed by atoms with E-state index in [-0.39, 0.29) is 6.61 Å². The molecule has 0 aliphatic carbocycles. The molecule has 0 rings (SSSR count). The Hall–Kier alpha value is -1.26. The lowest BCUT2D eigenvalue weighted by atomic mass is 10.3. The van der Waals surface area contributed by atoms with Crippen LogP contribution in [0.1, 0.15) is 6.42 Å². The third-order valence-corrected chi connectivity index (χ3v) is 0.980. The first-order chi connectivity index (χ1) is 5.16. The molecule has 1 amide bonds. The highest BCUT2D eigenvalue weighted by molar-refractivity contribution is 5.86. The molecule has 5 nitrogen and oxygen atoms in total. The van der Waals surface area contributed by atoms with Crippen LogP contribution in [0.3, 0.4) is 0 Å². The van der Waals surface area contributed by atoms with Crippen LogP contribution in [0.2, 0.25) is 0 Å². The van der Waals surface area contributed by atoms with Gasteiger partial charge < -0.3 is 15.8 Å². The quantitative estimate of drug-likeness (QED) is 0.302. The summed E-state index contributed by atoms with van der Waals surface area (Å²) in [5.74, 6) is 0.304. The fraction of sp³-hybridized carbons (Fsp3) is 0.500. The molecule has 0 aliphatic heterocycles. The molecule has 0 spiro atoms. The molecule has 0 saturated heterocycles. The zero-order valence-electron chi connectivity index (χ0n) is 6.39. The van der Waals surface area contributed by atoms with Crippen molar-refractivity contribution < 1.29 is 9.53 Å². The Balaban J connectivity index is 3.14. The lowest BCUT2D eigenvalue weighted by Gasteiger charge is -2.01. The lowest BCUT2D eigenvalue weighted by Crippen LogP contribution is -2.19. The molecule has 0 unspecified atom stereocenters. The fourth-order valence-electron chi connectivity index (χ4n) is 0.465. The second-order valence-corrected chi connectivity index (χ2v) is 1.82. The van der Waals surface area contributed by atoms with Gasteiger partial charge in [-0.2, -0.15) is 0 Å². The normalized spacial score (nSPS) is 8.82. The van der Waals surface area contributed by atoms with Crippen molar-refractivity contribution in [1.82, 2.24) is 5.32 Å². The minimum Gasteiger partial charge on any atom is -0.450 e. The first kappa shape index (κ1) is 9.74. The fourth-order valence-corrected chi connectivity index (χ4v) is 0.465. The molecule has 0 aromatic rings. The Kier molecular flexibility index (Phi) is 4.89. The van der Waals surface area contributed by atoms with Crippen LogP contribution < -0.4 is 11.1 Å². The number of ether oxygens (including phenoxy) is 1. The van der Waals surface area contributed by atoms with Crippen LogP contribution in [0.4, 0.5) is 4.79 Å². The van der Waals surface area contributed by atoms with E-state index in [1.54, 1.807) is 13.5 Å². The first-order valence-electron chi connectivity index (χ1n) is 3.18. The molecular formula is C6H12N3O2. The second-order valence-electron chi connectivity index (χ2n) is 1.82. The number of nitrogens with one attached hydrogen (secondary N) is 2. The van der Waals surface area contributed by atoms with Crippen molar-refractivity contribution >= 4 is 11.9 Å². The molecule has 0 bridgehead atoms. The Labute approximate surface area is 65.4 Å². The molecule has 63 valence electrons. The van der Waals surface area contributed by atoms with E-state index in [2.05, 4.69) is 10.1 Å². The van der Waals surface area contributed by atoms with Gasteiger partial charge >= 0.3 is 6.09 Å². The number of rotatable bonds is 4. The van der Waals surface area contributed by atoms with Gasteiger partial charge in [-0.3, -0.25) is 5.41 Å². The molecule has 0 aliphatic rings. The molecular weight excluding hydrogens is 146 g/mol. The zero-order chi connectivity index (χ0) is 8.69. The molecule has 0 aromatic heterocycles. The summed E-state index contributed by atoms with van der Waals surface area (Å²) in [4.78, 5) is 10.0. The predicted octanol–water partition coefficient (Wildman–Crippen LogP) is -0.127. The highest BCUT2D eigenvalue weighted by atomic mass is 16.5. The van der Waals surface area contributed by atoms with Crippen molar-refractivity contribution in [2.45, 2.75) is 6.42 Å². The largest absolute Gasteiger partial charge is 0.450 e. The smallest absolute Gasteiger partial charge is 0.404 e. The van der Waals surface area contributed by atoms with Gasteiger partial charge in [0.15, 0.2) is 0 Å². The van der Waals surface area contributed by atoms with Crippen molar-refractivity contribution in [2.75, 3.05) is 13.7 Å². The molecule has 1 radical (unpaired) electrons. The first-order valence-corrected chi connectivity index (χ1v) is 3.18. The molecule has 11 heavy (non-hydrogen) atoms. The highest BCUT2D eigenvalue weighted by Gasteiger charge is 1.95. The topological polar surface area (TPSA) is 88.2 Å². The second kappa shape index (κ2) is 5.52. The molecule has 4 N–H and O–H groups in total. The molecule has 0 heterocycles. The van der Waals surface area contributed by atoms with Gasteiger partial charge in [0.05, 0.1) is 12.4 Å². The van der Waals surface area contributed by atoms with Crippen LogP contribution in [-0.2, 0) is 4.74 Å². The summed E-state index contributed by atoms with van der Waals surface area (Å²) in [7, 11) is 1.65. The van der Waals surface area contributed by atoms with Crippen LogP contribution in [0.5, 0.6) is 0 Å². The summed E-state index contributed by atoms with van der Waals surface area (Å²) in [5.41, 5.74) is 4.70. The van der Waals surface area contributed by atoms with E-state index >= 15 is 0 Å². The van der Waals surface area contributed by atoms with Gasteiger partial charge in [-0.05, 0) is 6.42 Å². The Bertz CT molecular complexity index is 147. The van der Waals surface area contributed by atoms with Crippen molar-refractivity contribution in [1.29, 1.82) is 5.41 Å². The number of carbonyl (C=O) groups is 1. The van der Waals surface area contributed by atoms with Gasteiger partial charge in [0.1, 0.15) is 0 Å². The summed E-state index contributed by atoms with van der Waals surface area (Å²) < 4.78 is 4.42. The molecule has 0 atom stereocenters. The number of hydrogen-bond acceptors (Lipinski definition) is 3. The minimum absolute atomic E-state index is 0.222. The number of hydrogen-bond donors (Lipinski definition) is 3. The van der Waals surface area contributed by atoms with Crippen LogP contribution in [0.15, 0.2) is 0 Å². The van der Waals surface area contributed by atoms with Gasteiger partial charge in [0, 0.05) is 13.5 Å². The standard InChI is InChI=1S/C6H12N3O2/c1-9-5(7)3-2-4-11-6(8)10/h3H,2,4H2,1H3,(H2,7,9)(H2,8,10). The van der Waals surface area contributed by atoms with E-state index < -0.39 is 6.09 Å². The predicted molar refractivity (Wildman–Crippen MR) is 41.2 cm³/mol. The minimum atomic E-state index is -0.783. The van der Waals surface area contributed by atoms with E-state index in [1.165, 1.54) is 0 Å². The van der Waals surface area contributed by atoms with E-state index in [9.17, 15) is 4.79 Å². The maximum absolute atomic E-state index is 10.0. The van der Waals surface area contributed by atoms with E-state index in [0.717, 1.165) is 0 Å². The summed E-state index contributed by atoms with van der Waals surface area (Å²) in [6, 6.07) is 0. The van der Waals surface area contributed by atoms with Crippen molar-refractivity contribution in [3.05, 3.63) is 6.42 Å². The maximum Gasteiger partial charge on any atom is 0.404 e. The van der Waals surface area contributed by atoms with Gasteiger partial charge in [0.25, 0.3) is 0 Å². The van der Waals surface area contributed by atoms with Crippen LogP contribution >= 0.6 is 0 Å². The number of amidine groups is 1. The molecule has 0 aromatic carbocycles. The SMILES string of the molecule is CNC(=N)[CH]CCOC(N)=O. The summed E-state index contributed by atoms with van der Waals surface area (Å²) in [5, 5.41) is 9.69. The number of amides is 1. The number of carbonyl (C=O) groups excluding carboxylic acids is 1. The Morgan fingerprint density at radius 3 is 2.91 bits per heavy atom. The summed E-state index contributed by atoms with van der Waals surface area (Å²) >= 11 is 0. The summed E-state index contributed by atoms with van der Waals surface area (Å²) in [6.07, 6.45) is 1.32. The average Bonchev–Trinajstić information content (AvgIpc) is 1.97. The highest BCUT2D eigenvalue weighted by Crippen LogP contribution is 1.87. The number of primary amides is 1. The molecule has 0 saturated carbocycles. The molecule has 0 fully saturated rings. The van der Waals surface area contributed by atoms with Gasteiger partial charge in [-0.15, -0.1) is 0 Å². The van der Waals surface area contributed by atoms with Crippen LogP contribution in [0, 0.1) is 11.8 Å². The molecule has 5 heteroatoms. The van der Waals surface area contributed by atoms with Crippen LogP contribution in [0.25, 0.3) is 0 Å². The zero-order valence-corrected chi connectivity index (χ0v) is 6.39. The van der Waals surface area contributed by atoms with Gasteiger partial charge in [-0.25, -0.2) is 4.79 Å². The van der Waals surface area contributed by atoms with Crippen molar-refractivity contribution in [3.8, 4) is 0 Å². The Morgan fingerprint density at radius 2 is 2.45 bits per heavy atom. The average molecular weight is 158 g/mol. The maximum atomic E-state index is 10.0.